The van der Waals surface area contributed by atoms with E-state index in [4.69, 9.17) is 4.74 Å². The second-order valence-corrected chi connectivity index (χ2v) is 3.87. The molecule has 14 heavy (non-hydrogen) atoms. The zero-order chi connectivity index (χ0) is 10.0. The Hall–Kier alpha value is -0.870. The quantitative estimate of drug-likeness (QED) is 0.723. The van der Waals surface area contributed by atoms with Crippen LogP contribution in [-0.4, -0.2) is 28.1 Å². The molecular formula is C10H16N2O2. The Balaban J connectivity index is 2.20. The van der Waals surface area contributed by atoms with E-state index in [2.05, 4.69) is 5.10 Å². The molecule has 0 radical (unpaired) electrons. The van der Waals surface area contributed by atoms with E-state index in [1.165, 1.54) is 0 Å². The van der Waals surface area contributed by atoms with Gasteiger partial charge in [-0.25, -0.2) is 0 Å². The van der Waals surface area contributed by atoms with Crippen molar-refractivity contribution >= 4 is 0 Å². The molecule has 1 atom stereocenters. The van der Waals surface area contributed by atoms with Gasteiger partial charge in [-0.15, -0.1) is 0 Å². The summed E-state index contributed by atoms with van der Waals surface area (Å²) in [4.78, 5) is 0. The van der Waals surface area contributed by atoms with E-state index in [9.17, 15) is 5.11 Å². The third-order valence-electron chi connectivity index (χ3n) is 2.73. The van der Waals surface area contributed by atoms with Crippen molar-refractivity contribution in [3.8, 4) is 0 Å². The molecular weight excluding hydrogens is 180 g/mol. The molecule has 1 N–H and O–H groups in total. The minimum absolute atomic E-state index is 0.618. The van der Waals surface area contributed by atoms with E-state index < -0.39 is 5.60 Å². The van der Waals surface area contributed by atoms with Gasteiger partial charge in [-0.3, -0.25) is 4.68 Å². The Morgan fingerprint density at radius 1 is 1.50 bits per heavy atom. The lowest BCUT2D eigenvalue weighted by atomic mass is 9.91. The molecule has 1 aliphatic rings. The highest BCUT2D eigenvalue weighted by Crippen LogP contribution is 2.30. The molecule has 0 amide bonds. The molecule has 0 bridgehead atoms. The lowest BCUT2D eigenvalue weighted by Crippen LogP contribution is -2.26. The van der Waals surface area contributed by atoms with E-state index in [1.54, 1.807) is 4.68 Å². The van der Waals surface area contributed by atoms with Crippen LogP contribution in [0, 0.1) is 0 Å². The fraction of sp³-hybridized carbons (Fsp3) is 0.700. The fourth-order valence-corrected chi connectivity index (χ4v) is 1.85. The van der Waals surface area contributed by atoms with Gasteiger partial charge >= 0.3 is 0 Å². The van der Waals surface area contributed by atoms with Crippen LogP contribution in [0.5, 0.6) is 0 Å². The number of nitrogens with zero attached hydrogens (tertiary/aromatic N) is 2. The Kier molecular flexibility index (Phi) is 2.56. The number of aromatic nitrogens is 2. The second kappa shape index (κ2) is 3.71. The summed E-state index contributed by atoms with van der Waals surface area (Å²) in [7, 11) is 1.86. The predicted octanol–water partition coefficient (Wildman–Crippen LogP) is 0.808. The second-order valence-electron chi connectivity index (χ2n) is 3.87. The minimum atomic E-state index is -0.780. The third-order valence-corrected chi connectivity index (χ3v) is 2.73. The molecule has 0 aromatic carbocycles. The normalized spacial score (nSPS) is 28.7. The molecule has 0 aliphatic carbocycles. The van der Waals surface area contributed by atoms with Crippen LogP contribution in [-0.2, 0) is 17.4 Å². The minimum Gasteiger partial charge on any atom is -0.383 e. The molecule has 1 aliphatic heterocycles. The number of ether oxygens (including phenoxy) is 1. The van der Waals surface area contributed by atoms with Gasteiger partial charge in [0.05, 0.1) is 5.69 Å². The highest BCUT2D eigenvalue weighted by molar-refractivity contribution is 5.10. The van der Waals surface area contributed by atoms with Crippen molar-refractivity contribution in [2.24, 2.45) is 7.05 Å². The Morgan fingerprint density at radius 2 is 2.36 bits per heavy atom. The number of rotatable bonds is 1. The maximum absolute atomic E-state index is 10.4. The molecule has 78 valence electrons. The first-order chi connectivity index (χ1) is 6.71. The topological polar surface area (TPSA) is 47.3 Å². The summed E-state index contributed by atoms with van der Waals surface area (Å²) in [6.45, 7) is 1.36. The number of hydrogen-bond acceptors (Lipinski definition) is 3. The van der Waals surface area contributed by atoms with Crippen LogP contribution < -0.4 is 0 Å². The smallest absolute Gasteiger partial charge is 0.111 e. The Morgan fingerprint density at radius 3 is 3.07 bits per heavy atom. The van der Waals surface area contributed by atoms with Crippen LogP contribution in [0.15, 0.2) is 12.3 Å². The molecule has 0 saturated carbocycles. The first-order valence-electron chi connectivity index (χ1n) is 5.01. The molecule has 0 spiro atoms. The Labute approximate surface area is 83.5 Å². The summed E-state index contributed by atoms with van der Waals surface area (Å²) in [6, 6.07) is 1.88. The number of hydrogen-bond donors (Lipinski definition) is 1. The van der Waals surface area contributed by atoms with E-state index >= 15 is 0 Å². The van der Waals surface area contributed by atoms with Crippen molar-refractivity contribution in [3.05, 3.63) is 18.0 Å². The van der Waals surface area contributed by atoms with Crippen molar-refractivity contribution in [3.63, 3.8) is 0 Å². The van der Waals surface area contributed by atoms with Gasteiger partial charge < -0.3 is 9.84 Å². The van der Waals surface area contributed by atoms with Gasteiger partial charge in [0.2, 0.25) is 0 Å². The molecule has 1 unspecified atom stereocenters. The predicted molar refractivity (Wildman–Crippen MR) is 51.8 cm³/mol. The molecule has 2 heterocycles. The average Bonchev–Trinajstić information content (AvgIpc) is 2.47. The summed E-state index contributed by atoms with van der Waals surface area (Å²) in [5, 5.41) is 14.6. The molecule has 1 aromatic rings. The standard InChI is InChI=1S/C10H16N2O2/c1-12-6-3-9(11-12)10(13)4-2-7-14-8-5-10/h3,6,13H,2,4-5,7-8H2,1H3. The highest BCUT2D eigenvalue weighted by Gasteiger charge is 2.32. The summed E-state index contributed by atoms with van der Waals surface area (Å²) in [5.41, 5.74) is -0.0110. The lowest BCUT2D eigenvalue weighted by Gasteiger charge is -2.23. The van der Waals surface area contributed by atoms with E-state index in [0.29, 0.717) is 13.0 Å². The van der Waals surface area contributed by atoms with Gasteiger partial charge in [0.1, 0.15) is 5.60 Å². The van der Waals surface area contributed by atoms with Crippen LogP contribution in [0.25, 0.3) is 0 Å². The SMILES string of the molecule is Cn1ccc(C2(O)CCCOCC2)n1. The summed E-state index contributed by atoms with van der Waals surface area (Å²) < 4.78 is 7.04. The molecule has 4 heteroatoms. The van der Waals surface area contributed by atoms with E-state index in [0.717, 1.165) is 25.1 Å². The largest absolute Gasteiger partial charge is 0.383 e. The summed E-state index contributed by atoms with van der Waals surface area (Å²) in [6.07, 6.45) is 4.14. The first-order valence-corrected chi connectivity index (χ1v) is 5.01. The van der Waals surface area contributed by atoms with Gasteiger partial charge in [-0.2, -0.15) is 5.10 Å². The van der Waals surface area contributed by atoms with Gasteiger partial charge in [-0.1, -0.05) is 0 Å². The highest BCUT2D eigenvalue weighted by atomic mass is 16.5. The van der Waals surface area contributed by atoms with Crippen molar-refractivity contribution in [2.45, 2.75) is 24.9 Å². The molecule has 4 nitrogen and oxygen atoms in total. The van der Waals surface area contributed by atoms with Crippen LogP contribution in [0.2, 0.25) is 0 Å². The van der Waals surface area contributed by atoms with Crippen molar-refractivity contribution in [2.75, 3.05) is 13.2 Å². The molecule has 1 aromatic heterocycles. The fourth-order valence-electron chi connectivity index (χ4n) is 1.85. The third kappa shape index (κ3) is 1.81. The van der Waals surface area contributed by atoms with Crippen LogP contribution in [0.1, 0.15) is 25.0 Å². The van der Waals surface area contributed by atoms with Crippen molar-refractivity contribution < 1.29 is 9.84 Å². The van der Waals surface area contributed by atoms with Crippen LogP contribution in [0.3, 0.4) is 0 Å². The van der Waals surface area contributed by atoms with Crippen LogP contribution in [0.4, 0.5) is 0 Å². The lowest BCUT2D eigenvalue weighted by molar-refractivity contribution is 0.00995. The molecule has 1 fully saturated rings. The zero-order valence-electron chi connectivity index (χ0n) is 8.44. The number of aliphatic hydroxyl groups is 1. The zero-order valence-corrected chi connectivity index (χ0v) is 8.44. The van der Waals surface area contributed by atoms with Crippen molar-refractivity contribution in [1.82, 2.24) is 9.78 Å². The first kappa shape index (κ1) is 9.68. The van der Waals surface area contributed by atoms with Gasteiger partial charge in [0, 0.05) is 32.9 Å². The van der Waals surface area contributed by atoms with Crippen molar-refractivity contribution in [1.29, 1.82) is 0 Å². The average molecular weight is 196 g/mol. The molecule has 2 rings (SSSR count). The monoisotopic (exact) mass is 196 g/mol. The van der Waals surface area contributed by atoms with E-state index in [1.807, 2.05) is 19.3 Å². The summed E-state index contributed by atoms with van der Waals surface area (Å²) >= 11 is 0. The van der Waals surface area contributed by atoms with Gasteiger partial charge in [-0.05, 0) is 18.9 Å². The van der Waals surface area contributed by atoms with Crippen LogP contribution >= 0.6 is 0 Å². The van der Waals surface area contributed by atoms with Gasteiger partial charge in [0.25, 0.3) is 0 Å². The summed E-state index contributed by atoms with van der Waals surface area (Å²) in [5.74, 6) is 0. The van der Waals surface area contributed by atoms with Gasteiger partial charge in [0.15, 0.2) is 0 Å². The maximum atomic E-state index is 10.4. The molecule has 1 saturated heterocycles. The Bertz CT molecular complexity index is 301. The van der Waals surface area contributed by atoms with E-state index in [-0.39, 0.29) is 0 Å². The number of aryl methyl sites for hydroxylation is 1. The maximum Gasteiger partial charge on any atom is 0.111 e.